The van der Waals surface area contributed by atoms with E-state index < -0.39 is 0 Å². The molecule has 0 bridgehead atoms. The number of hydrogen-bond donors (Lipinski definition) is 2. The first kappa shape index (κ1) is 21.5. The van der Waals surface area contributed by atoms with Crippen LogP contribution in [0.1, 0.15) is 58.2 Å². The van der Waals surface area contributed by atoms with Gasteiger partial charge in [-0.15, -0.1) is 5.10 Å². The summed E-state index contributed by atoms with van der Waals surface area (Å²) in [5, 5.41) is 23.0. The summed E-state index contributed by atoms with van der Waals surface area (Å²) in [4.78, 5) is 12.3. The van der Waals surface area contributed by atoms with Crippen molar-refractivity contribution in [3.05, 3.63) is 53.1 Å². The smallest absolute Gasteiger partial charge is 0.261 e. The lowest BCUT2D eigenvalue weighted by molar-refractivity contribution is -0.121. The quantitative estimate of drug-likeness (QED) is 0.507. The Balaban J connectivity index is 1.79. The van der Waals surface area contributed by atoms with Crippen LogP contribution in [0.15, 0.2) is 41.5 Å². The number of phenolic OH excluding ortho intramolecular Hbond substituents is 1. The summed E-state index contributed by atoms with van der Waals surface area (Å²) in [6.07, 6.45) is 1.60. The molecule has 1 aromatic heterocycles. The summed E-state index contributed by atoms with van der Waals surface area (Å²) in [5.74, 6) is 0.0158. The molecule has 0 saturated carbocycles. The molecule has 0 atom stereocenters. The van der Waals surface area contributed by atoms with E-state index in [0.717, 1.165) is 27.7 Å². The van der Waals surface area contributed by atoms with Crippen LogP contribution >= 0.6 is 0 Å². The van der Waals surface area contributed by atoms with Crippen molar-refractivity contribution in [3.8, 4) is 5.75 Å². The maximum atomic E-state index is 12.3. The molecule has 0 aliphatic carbocycles. The molecule has 30 heavy (non-hydrogen) atoms. The summed E-state index contributed by atoms with van der Waals surface area (Å²) < 4.78 is 1.54. The van der Waals surface area contributed by atoms with E-state index in [1.807, 2.05) is 36.4 Å². The van der Waals surface area contributed by atoms with Crippen molar-refractivity contribution in [3.63, 3.8) is 0 Å². The number of nitrogens with one attached hydrogen (secondary N) is 1. The number of carbonyl (C=O) groups is 1. The minimum absolute atomic E-state index is 0.0217. The molecule has 2 aromatic carbocycles. The maximum absolute atomic E-state index is 12.3. The molecule has 3 rings (SSSR count). The van der Waals surface area contributed by atoms with Gasteiger partial charge in [-0.3, -0.25) is 4.79 Å². The van der Waals surface area contributed by atoms with Crippen LogP contribution in [-0.4, -0.2) is 32.2 Å². The second-order valence-electron chi connectivity index (χ2n) is 9.49. The number of nitrogens with zero attached hydrogens (tertiary/aromatic N) is 4. The molecule has 1 heterocycles. The van der Waals surface area contributed by atoms with Gasteiger partial charge in [-0.1, -0.05) is 58.9 Å². The fraction of sp³-hybridized carbons (Fsp3) is 0.391. The summed E-state index contributed by atoms with van der Waals surface area (Å²) in [6, 6.07) is 11.3. The van der Waals surface area contributed by atoms with Gasteiger partial charge >= 0.3 is 0 Å². The molecule has 7 heteroatoms. The van der Waals surface area contributed by atoms with Crippen LogP contribution in [0.25, 0.3) is 11.0 Å². The number of hydrazone groups is 1. The van der Waals surface area contributed by atoms with Crippen molar-refractivity contribution in [1.29, 1.82) is 0 Å². The van der Waals surface area contributed by atoms with Gasteiger partial charge in [0, 0.05) is 11.1 Å². The highest BCUT2D eigenvalue weighted by Crippen LogP contribution is 2.39. The van der Waals surface area contributed by atoms with Crippen LogP contribution in [0, 0.1) is 0 Å². The number of amides is 1. The van der Waals surface area contributed by atoms with Gasteiger partial charge in [-0.05, 0) is 40.7 Å². The molecule has 0 unspecified atom stereocenters. The van der Waals surface area contributed by atoms with Crippen molar-refractivity contribution in [2.75, 3.05) is 0 Å². The number of para-hydroxylation sites is 1. The number of benzene rings is 2. The van der Waals surface area contributed by atoms with E-state index in [2.05, 4.69) is 62.4 Å². The van der Waals surface area contributed by atoms with Crippen LogP contribution in [0.2, 0.25) is 0 Å². The summed E-state index contributed by atoms with van der Waals surface area (Å²) in [6.45, 7) is 12.4. The van der Waals surface area contributed by atoms with Crippen molar-refractivity contribution < 1.29 is 9.90 Å². The molecule has 0 spiro atoms. The first-order valence-electron chi connectivity index (χ1n) is 9.95. The Morgan fingerprint density at radius 2 is 1.70 bits per heavy atom. The van der Waals surface area contributed by atoms with Crippen molar-refractivity contribution in [2.24, 2.45) is 5.10 Å². The third-order valence-electron chi connectivity index (χ3n) is 4.86. The average Bonchev–Trinajstić information content (AvgIpc) is 3.04. The first-order valence-corrected chi connectivity index (χ1v) is 9.95. The molecule has 3 aromatic rings. The van der Waals surface area contributed by atoms with E-state index in [1.54, 1.807) is 6.21 Å². The lowest BCUT2D eigenvalue weighted by atomic mass is 9.78. The van der Waals surface area contributed by atoms with Crippen LogP contribution in [0.4, 0.5) is 0 Å². The number of hydrogen-bond acceptors (Lipinski definition) is 5. The van der Waals surface area contributed by atoms with Crippen molar-refractivity contribution >= 4 is 23.2 Å². The van der Waals surface area contributed by atoms with Crippen LogP contribution in [-0.2, 0) is 22.2 Å². The van der Waals surface area contributed by atoms with Gasteiger partial charge in [0.2, 0.25) is 0 Å². The van der Waals surface area contributed by atoms with Gasteiger partial charge in [0.15, 0.2) is 0 Å². The zero-order valence-corrected chi connectivity index (χ0v) is 18.4. The number of rotatable bonds is 4. The largest absolute Gasteiger partial charge is 0.507 e. The Bertz CT molecular complexity index is 1070. The molecule has 1 amide bonds. The van der Waals surface area contributed by atoms with E-state index in [4.69, 9.17) is 0 Å². The molecule has 0 saturated heterocycles. The van der Waals surface area contributed by atoms with Crippen LogP contribution in [0.5, 0.6) is 5.75 Å². The number of aromatic hydroxyl groups is 1. The molecule has 0 aliphatic heterocycles. The van der Waals surface area contributed by atoms with Crippen LogP contribution in [0.3, 0.4) is 0 Å². The SMILES string of the molecule is CC(C)(C)c1cc(/C=N/NC(=O)Cn2nnc3ccccc32)cc(C(C)(C)C)c1O. The fourth-order valence-electron chi connectivity index (χ4n) is 3.26. The zero-order chi connectivity index (χ0) is 22.1. The monoisotopic (exact) mass is 407 g/mol. The van der Waals surface area contributed by atoms with E-state index in [9.17, 15) is 9.90 Å². The third-order valence-corrected chi connectivity index (χ3v) is 4.86. The van der Waals surface area contributed by atoms with Gasteiger partial charge in [0.1, 0.15) is 17.8 Å². The third kappa shape index (κ3) is 4.67. The highest BCUT2D eigenvalue weighted by molar-refractivity contribution is 5.84. The Morgan fingerprint density at radius 1 is 1.10 bits per heavy atom. The van der Waals surface area contributed by atoms with E-state index in [0.29, 0.717) is 5.75 Å². The van der Waals surface area contributed by atoms with Gasteiger partial charge in [-0.25, -0.2) is 10.1 Å². The molecule has 7 nitrogen and oxygen atoms in total. The summed E-state index contributed by atoms with van der Waals surface area (Å²) in [5.41, 5.74) is 6.12. The topological polar surface area (TPSA) is 92.4 Å². The lowest BCUT2D eigenvalue weighted by Gasteiger charge is -2.27. The second-order valence-corrected chi connectivity index (χ2v) is 9.49. The standard InChI is InChI=1S/C23H29N5O2/c1-22(2,3)16-11-15(12-17(21(16)30)23(4,5)6)13-24-26-20(29)14-28-19-10-8-7-9-18(19)25-27-28/h7-13,30H,14H2,1-6H3,(H,26,29)/b24-13+. The number of aromatic nitrogens is 3. The second kappa shape index (κ2) is 7.89. The van der Waals surface area contributed by atoms with E-state index in [1.165, 1.54) is 4.68 Å². The maximum Gasteiger partial charge on any atom is 0.261 e. The highest BCUT2D eigenvalue weighted by atomic mass is 16.3. The van der Waals surface area contributed by atoms with Gasteiger partial charge in [0.25, 0.3) is 5.91 Å². The Labute approximate surface area is 176 Å². The van der Waals surface area contributed by atoms with Crippen molar-refractivity contribution in [2.45, 2.75) is 58.9 Å². The molecular weight excluding hydrogens is 378 g/mol. The predicted molar refractivity (Wildman–Crippen MR) is 119 cm³/mol. The molecule has 2 N–H and O–H groups in total. The van der Waals surface area contributed by atoms with E-state index in [-0.39, 0.29) is 23.3 Å². The van der Waals surface area contributed by atoms with Crippen LogP contribution < -0.4 is 5.43 Å². The fourth-order valence-corrected chi connectivity index (χ4v) is 3.26. The number of fused-ring (bicyclic) bond motifs is 1. The summed E-state index contributed by atoms with van der Waals surface area (Å²) in [7, 11) is 0. The Kier molecular flexibility index (Phi) is 5.65. The average molecular weight is 408 g/mol. The zero-order valence-electron chi connectivity index (χ0n) is 18.4. The van der Waals surface area contributed by atoms with Gasteiger partial charge in [-0.2, -0.15) is 5.10 Å². The highest BCUT2D eigenvalue weighted by Gasteiger charge is 2.26. The number of phenols is 1. The van der Waals surface area contributed by atoms with Gasteiger partial charge < -0.3 is 5.11 Å². The molecule has 158 valence electrons. The van der Waals surface area contributed by atoms with E-state index >= 15 is 0 Å². The minimum Gasteiger partial charge on any atom is -0.507 e. The molecular formula is C23H29N5O2. The molecule has 0 fully saturated rings. The first-order chi connectivity index (χ1) is 14.0. The summed E-state index contributed by atoms with van der Waals surface area (Å²) >= 11 is 0. The Hall–Kier alpha value is -3.22. The molecule has 0 aliphatic rings. The van der Waals surface area contributed by atoms with Crippen molar-refractivity contribution in [1.82, 2.24) is 20.4 Å². The predicted octanol–water partition coefficient (Wildman–Crippen LogP) is 3.88. The molecule has 0 radical (unpaired) electrons. The number of carbonyl (C=O) groups excluding carboxylic acids is 1. The van der Waals surface area contributed by atoms with Gasteiger partial charge in [0.05, 0.1) is 11.7 Å². The normalized spacial score (nSPS) is 12.6. The minimum atomic E-state index is -0.298. The lowest BCUT2D eigenvalue weighted by Crippen LogP contribution is -2.24. The Morgan fingerprint density at radius 3 is 2.30 bits per heavy atom.